The predicted molar refractivity (Wildman–Crippen MR) is 233 cm³/mol. The minimum Gasteiger partial charge on any atom is -0.432 e. The van der Waals surface area contributed by atoms with Crippen molar-refractivity contribution in [2.45, 2.75) is 210 Å². The molecule has 0 aromatic rings. The molecular weight excluding hydrogens is 897 g/mol. The second-order valence-electron chi connectivity index (χ2n) is 23.3. The van der Waals surface area contributed by atoms with Crippen molar-refractivity contribution in [3.63, 3.8) is 0 Å². The molecule has 4 saturated carbocycles. The van der Waals surface area contributed by atoms with Crippen molar-refractivity contribution in [2.24, 2.45) is 50.7 Å². The molecule has 2 unspecified atom stereocenters. The van der Waals surface area contributed by atoms with Crippen molar-refractivity contribution in [3.05, 3.63) is 11.6 Å². The summed E-state index contributed by atoms with van der Waals surface area (Å²) >= 11 is 0. The van der Waals surface area contributed by atoms with Gasteiger partial charge >= 0.3 is 5.97 Å². The van der Waals surface area contributed by atoms with E-state index in [0.29, 0.717) is 32.1 Å². The number of ether oxygens (including phenoxy) is 6. The molecule has 0 radical (unpaired) electrons. The normalized spacial score (nSPS) is 55.7. The zero-order valence-electron chi connectivity index (χ0n) is 40.2. The Balaban J connectivity index is 1.09. The van der Waals surface area contributed by atoms with Crippen LogP contribution in [-0.4, -0.2) is 202 Å². The molecule has 390 valence electrons. The van der Waals surface area contributed by atoms with Gasteiger partial charge < -0.3 is 94.8 Å². The topological polar surface area (TPSA) is 335 Å². The lowest BCUT2D eigenvalue weighted by atomic mass is 9.33. The van der Waals surface area contributed by atoms with E-state index >= 15 is 4.79 Å². The molecule has 0 aromatic carbocycles. The van der Waals surface area contributed by atoms with Gasteiger partial charge in [-0.15, -0.1) is 0 Å². The standard InChI is InChI=1S/C48H78O20/c1-20-10-13-48(42(61)68-41-36(33(58)30(55)25(19-51)65-41)66-39-34(59)31(56)28(53)23(17-49)63-39)15-14-45(5)21(37(48)47(20,7)62)8-9-27-44(4)16-22(52)38(43(2,3)26(44)11-12-46(27,45)6)67-40-35(60)32(57)29(54)24(18-50)64-40/h8,20,22-41,49-60,62H,9-19H2,1-7H3/t20-,22-,23-,24-,25-,26?,27-,28-,29-,30-,31+,32+,33+,34-,35-,36-,37?,38+,39+,40+,41+,44+,45-,46-,47-,48+/m1/s1. The highest BCUT2D eigenvalue weighted by Gasteiger charge is 2.73. The first kappa shape index (κ1) is 52.8. The van der Waals surface area contributed by atoms with Crippen molar-refractivity contribution in [3.8, 4) is 0 Å². The van der Waals surface area contributed by atoms with Crippen LogP contribution in [0.1, 0.15) is 99.8 Å². The van der Waals surface area contributed by atoms with Crippen LogP contribution in [0.3, 0.4) is 0 Å². The van der Waals surface area contributed by atoms with Crippen LogP contribution in [-0.2, 0) is 33.2 Å². The molecule has 20 heteroatoms. The molecule has 0 amide bonds. The highest BCUT2D eigenvalue weighted by Crippen LogP contribution is 2.76. The molecule has 13 N–H and O–H groups in total. The van der Waals surface area contributed by atoms with Gasteiger partial charge in [0, 0.05) is 5.92 Å². The zero-order valence-corrected chi connectivity index (χ0v) is 40.2. The second-order valence-corrected chi connectivity index (χ2v) is 23.3. The van der Waals surface area contributed by atoms with E-state index in [9.17, 15) is 66.4 Å². The molecule has 3 saturated heterocycles. The molecule has 7 fully saturated rings. The number of esters is 1. The lowest BCUT2D eigenvalue weighted by Gasteiger charge is -2.72. The Kier molecular flexibility index (Phi) is 14.3. The van der Waals surface area contributed by atoms with Gasteiger partial charge in [0.2, 0.25) is 6.29 Å². The van der Waals surface area contributed by atoms with Crippen molar-refractivity contribution in [2.75, 3.05) is 19.8 Å². The highest BCUT2D eigenvalue weighted by molar-refractivity contribution is 5.79. The molecule has 26 atom stereocenters. The largest absolute Gasteiger partial charge is 0.432 e. The van der Waals surface area contributed by atoms with Crippen LogP contribution in [0, 0.1) is 50.7 Å². The first-order chi connectivity index (χ1) is 31.7. The number of carbonyl (C=O) groups is 1. The first-order valence-corrected chi connectivity index (χ1v) is 24.6. The first-order valence-electron chi connectivity index (χ1n) is 24.6. The van der Waals surface area contributed by atoms with E-state index in [1.54, 1.807) is 6.92 Å². The van der Waals surface area contributed by atoms with Crippen LogP contribution >= 0.6 is 0 Å². The molecule has 3 heterocycles. The molecule has 20 nitrogen and oxygen atoms in total. The van der Waals surface area contributed by atoms with Crippen molar-refractivity contribution < 1.29 is 99.6 Å². The predicted octanol–water partition coefficient (Wildman–Crippen LogP) is -1.92. The van der Waals surface area contributed by atoms with Gasteiger partial charge in [-0.05, 0) is 97.7 Å². The molecule has 0 aromatic heterocycles. The fraction of sp³-hybridized carbons (Fsp3) is 0.938. The number of aliphatic hydroxyl groups excluding tert-OH is 12. The number of allylic oxidation sites excluding steroid dienone is 1. The van der Waals surface area contributed by atoms with Gasteiger partial charge in [-0.3, -0.25) is 4.79 Å². The Morgan fingerprint density at radius 3 is 1.74 bits per heavy atom. The minimum absolute atomic E-state index is 0.00865. The summed E-state index contributed by atoms with van der Waals surface area (Å²) in [5.74, 6) is -1.79. The van der Waals surface area contributed by atoms with Gasteiger partial charge in [0.1, 0.15) is 67.1 Å². The maximum absolute atomic E-state index is 15.3. The van der Waals surface area contributed by atoms with Crippen LogP contribution < -0.4 is 0 Å². The van der Waals surface area contributed by atoms with Crippen LogP contribution in [0.5, 0.6) is 0 Å². The van der Waals surface area contributed by atoms with E-state index < -0.39 is 169 Å². The summed E-state index contributed by atoms with van der Waals surface area (Å²) in [4.78, 5) is 15.3. The lowest BCUT2D eigenvalue weighted by Crippen LogP contribution is -2.70. The maximum atomic E-state index is 15.3. The molecule has 8 rings (SSSR count). The number of hydrogen-bond donors (Lipinski definition) is 13. The van der Waals surface area contributed by atoms with Gasteiger partial charge in [-0.1, -0.05) is 53.2 Å². The van der Waals surface area contributed by atoms with Crippen LogP contribution in [0.15, 0.2) is 11.6 Å². The van der Waals surface area contributed by atoms with Crippen LogP contribution in [0.25, 0.3) is 0 Å². The summed E-state index contributed by atoms with van der Waals surface area (Å²) in [6, 6.07) is 0. The third-order valence-electron chi connectivity index (χ3n) is 19.7. The number of hydrogen-bond acceptors (Lipinski definition) is 20. The Morgan fingerprint density at radius 1 is 0.647 bits per heavy atom. The fourth-order valence-corrected chi connectivity index (χ4v) is 15.4. The summed E-state index contributed by atoms with van der Waals surface area (Å²) in [5, 5.41) is 140. The molecule has 0 spiro atoms. The van der Waals surface area contributed by atoms with Gasteiger partial charge in [0.25, 0.3) is 0 Å². The van der Waals surface area contributed by atoms with Gasteiger partial charge in [0.15, 0.2) is 18.7 Å². The Hall–Kier alpha value is -1.51. The molecule has 5 aliphatic carbocycles. The summed E-state index contributed by atoms with van der Waals surface area (Å²) in [6.45, 7) is 12.3. The summed E-state index contributed by atoms with van der Waals surface area (Å²) in [6.07, 6.45) is -20.6. The summed E-state index contributed by atoms with van der Waals surface area (Å²) < 4.78 is 35.6. The Morgan fingerprint density at radius 2 is 1.18 bits per heavy atom. The van der Waals surface area contributed by atoms with E-state index in [-0.39, 0.29) is 24.2 Å². The molecule has 68 heavy (non-hydrogen) atoms. The Labute approximate surface area is 396 Å². The average Bonchev–Trinajstić information content (AvgIpc) is 3.28. The summed E-state index contributed by atoms with van der Waals surface area (Å²) in [7, 11) is 0. The van der Waals surface area contributed by atoms with E-state index in [0.717, 1.165) is 18.4 Å². The number of fused-ring (bicyclic) bond motifs is 7. The fourth-order valence-electron chi connectivity index (χ4n) is 15.4. The molecule has 0 bridgehead atoms. The van der Waals surface area contributed by atoms with Crippen LogP contribution in [0.4, 0.5) is 0 Å². The third kappa shape index (κ3) is 7.81. The average molecular weight is 975 g/mol. The van der Waals surface area contributed by atoms with E-state index in [4.69, 9.17) is 28.4 Å². The van der Waals surface area contributed by atoms with Crippen molar-refractivity contribution in [1.82, 2.24) is 0 Å². The Bertz CT molecular complexity index is 1860. The highest BCUT2D eigenvalue weighted by atomic mass is 16.8. The van der Waals surface area contributed by atoms with E-state index in [1.807, 2.05) is 20.8 Å². The quantitative estimate of drug-likeness (QED) is 0.0681. The van der Waals surface area contributed by atoms with E-state index in [1.165, 1.54) is 0 Å². The SMILES string of the molecule is C[C@@H]1CC[C@]2(C(=O)O[C@@H]3O[C@H](CO)[C@@H](O)[C@H](O)[C@H]3O[C@@H]3O[C@H](CO)[C@@H](O)[C@H](O)[C@H]3O)CC[C@]3(C)C(=CC[C@@H]4[C@@]5(C)C[C@@H](O)[C@H](O[C@@H]6O[C@H](CO)[C@@H](O)[C@H](O)[C@H]6O)C(C)(C)C5CC[C@]43C)C2[C@]1(C)O. The van der Waals surface area contributed by atoms with Crippen molar-refractivity contribution in [1.29, 1.82) is 0 Å². The maximum Gasteiger partial charge on any atom is 0.315 e. The summed E-state index contributed by atoms with van der Waals surface area (Å²) in [5.41, 5.74) is -3.99. The number of rotatable bonds is 9. The number of aliphatic hydroxyl groups is 13. The van der Waals surface area contributed by atoms with E-state index in [2.05, 4.69) is 26.8 Å². The third-order valence-corrected chi connectivity index (χ3v) is 19.7. The molecule has 8 aliphatic rings. The van der Waals surface area contributed by atoms with Gasteiger partial charge in [0.05, 0.1) is 43.0 Å². The number of carbonyl (C=O) groups excluding carboxylic acids is 1. The van der Waals surface area contributed by atoms with Crippen LogP contribution in [0.2, 0.25) is 0 Å². The smallest absolute Gasteiger partial charge is 0.315 e. The van der Waals surface area contributed by atoms with Crippen molar-refractivity contribution >= 4 is 5.97 Å². The van der Waals surface area contributed by atoms with Gasteiger partial charge in [-0.2, -0.15) is 0 Å². The van der Waals surface area contributed by atoms with Gasteiger partial charge in [-0.25, -0.2) is 0 Å². The molecular formula is C48H78O20. The lowest BCUT2D eigenvalue weighted by molar-refractivity contribution is -0.364. The zero-order chi connectivity index (χ0) is 50.0. The molecule has 3 aliphatic heterocycles. The monoisotopic (exact) mass is 975 g/mol. The second kappa shape index (κ2) is 18.5. The minimum atomic E-state index is -1.91.